The van der Waals surface area contributed by atoms with Crippen molar-refractivity contribution in [1.82, 2.24) is 0 Å². The summed E-state index contributed by atoms with van der Waals surface area (Å²) in [5.41, 5.74) is 1.55. The fraction of sp³-hybridized carbons (Fsp3) is 0.526. The Bertz CT molecular complexity index is 723. The van der Waals surface area contributed by atoms with Crippen molar-refractivity contribution in [2.24, 2.45) is 0 Å². The van der Waals surface area contributed by atoms with E-state index in [0.29, 0.717) is 0 Å². The Balaban J connectivity index is 2.03. The summed E-state index contributed by atoms with van der Waals surface area (Å²) in [6, 6.07) is 3.00. The summed E-state index contributed by atoms with van der Waals surface area (Å²) in [7, 11) is 0.702. The van der Waals surface area contributed by atoms with E-state index in [9.17, 15) is 9.18 Å². The Hall–Kier alpha value is -1.66. The molecule has 0 bridgehead atoms. The largest absolute Gasteiger partial charge is 0.495 e. The average Bonchev–Trinajstić information content (AvgIpc) is 2.67. The van der Waals surface area contributed by atoms with Gasteiger partial charge in [0.15, 0.2) is 0 Å². The maximum absolute atomic E-state index is 14.5. The van der Waals surface area contributed by atoms with Gasteiger partial charge in [-0.05, 0) is 75.7 Å². The molecule has 1 aromatic rings. The number of hydrogen-bond donors (Lipinski definition) is 0. The molecule has 0 N–H and O–H groups in total. The molecule has 3 rings (SSSR count). The minimum absolute atomic E-state index is 0.0311. The summed E-state index contributed by atoms with van der Waals surface area (Å²) in [4.78, 5) is 11.8. The lowest BCUT2D eigenvalue weighted by molar-refractivity contribution is 0.00578. The van der Waals surface area contributed by atoms with Gasteiger partial charge in [0.2, 0.25) is 0 Å². The third-order valence-corrected chi connectivity index (χ3v) is 5.43. The topological polar surface area (TPSA) is 44.8 Å². The van der Waals surface area contributed by atoms with Gasteiger partial charge in [0.1, 0.15) is 5.82 Å². The quantitative estimate of drug-likeness (QED) is 0.601. The van der Waals surface area contributed by atoms with Gasteiger partial charge in [0.25, 0.3) is 0 Å². The molecular weight excluding hydrogens is 322 g/mol. The molecule has 1 heterocycles. The summed E-state index contributed by atoms with van der Waals surface area (Å²) in [6.07, 6.45) is 4.59. The van der Waals surface area contributed by atoms with Crippen molar-refractivity contribution in [3.8, 4) is 0 Å². The SMILES string of the molecule is COC(=O)c1cc2c(cc1F)C(B1OC(C)(C)C(C)(C)O1)=CCCC2. The number of rotatable bonds is 2. The number of fused-ring (bicyclic) bond motifs is 1. The first-order chi connectivity index (χ1) is 11.7. The van der Waals surface area contributed by atoms with E-state index < -0.39 is 30.1 Å². The van der Waals surface area contributed by atoms with Gasteiger partial charge in [-0.15, -0.1) is 0 Å². The molecule has 1 aliphatic carbocycles. The zero-order valence-corrected chi connectivity index (χ0v) is 15.4. The van der Waals surface area contributed by atoms with Crippen LogP contribution >= 0.6 is 0 Å². The molecular formula is C19H24BFO4. The first-order valence-electron chi connectivity index (χ1n) is 8.63. The van der Waals surface area contributed by atoms with Gasteiger partial charge < -0.3 is 14.0 Å². The second kappa shape index (κ2) is 6.25. The minimum atomic E-state index is -0.661. The van der Waals surface area contributed by atoms with Crippen LogP contribution in [-0.2, 0) is 20.5 Å². The molecule has 0 saturated carbocycles. The molecule has 25 heavy (non-hydrogen) atoms. The van der Waals surface area contributed by atoms with E-state index in [-0.39, 0.29) is 5.56 Å². The Morgan fingerprint density at radius 2 is 1.84 bits per heavy atom. The van der Waals surface area contributed by atoms with Gasteiger partial charge in [-0.2, -0.15) is 0 Å². The zero-order valence-electron chi connectivity index (χ0n) is 15.4. The molecule has 4 nitrogen and oxygen atoms in total. The number of methoxy groups -OCH3 is 1. The predicted molar refractivity (Wildman–Crippen MR) is 94.7 cm³/mol. The third kappa shape index (κ3) is 3.13. The molecule has 0 atom stereocenters. The van der Waals surface area contributed by atoms with Crippen LogP contribution in [0.15, 0.2) is 18.2 Å². The summed E-state index contributed by atoms with van der Waals surface area (Å²) in [6.45, 7) is 7.97. The van der Waals surface area contributed by atoms with Crippen molar-refractivity contribution < 1.29 is 23.2 Å². The van der Waals surface area contributed by atoms with E-state index >= 15 is 0 Å². The molecule has 1 aliphatic heterocycles. The van der Waals surface area contributed by atoms with Crippen LogP contribution in [0.4, 0.5) is 4.39 Å². The number of benzene rings is 1. The lowest BCUT2D eigenvalue weighted by atomic mass is 9.72. The second-order valence-corrected chi connectivity index (χ2v) is 7.62. The van der Waals surface area contributed by atoms with Gasteiger partial charge in [-0.3, -0.25) is 0 Å². The highest BCUT2D eigenvalue weighted by molar-refractivity contribution is 6.69. The third-order valence-electron chi connectivity index (χ3n) is 5.43. The Labute approximate surface area is 148 Å². The second-order valence-electron chi connectivity index (χ2n) is 7.62. The molecule has 134 valence electrons. The number of allylic oxidation sites excluding steroid dienone is 1. The summed E-state index contributed by atoms with van der Waals surface area (Å²) in [5.74, 6) is -1.25. The van der Waals surface area contributed by atoms with Crippen LogP contribution in [0.3, 0.4) is 0 Å². The van der Waals surface area contributed by atoms with Gasteiger partial charge in [-0.25, -0.2) is 9.18 Å². The van der Waals surface area contributed by atoms with Crippen molar-refractivity contribution in [2.45, 2.75) is 58.2 Å². The molecule has 0 radical (unpaired) electrons. The van der Waals surface area contributed by atoms with Gasteiger partial charge in [-0.1, -0.05) is 6.08 Å². The normalized spacial score (nSPS) is 21.4. The van der Waals surface area contributed by atoms with Crippen LogP contribution in [-0.4, -0.2) is 31.4 Å². The molecule has 1 fully saturated rings. The van der Waals surface area contributed by atoms with E-state index in [1.54, 1.807) is 6.07 Å². The molecule has 6 heteroatoms. The molecule has 0 amide bonds. The lowest BCUT2D eigenvalue weighted by Crippen LogP contribution is -2.41. The molecule has 1 aromatic carbocycles. The van der Waals surface area contributed by atoms with E-state index in [1.165, 1.54) is 13.2 Å². The van der Waals surface area contributed by atoms with Crippen molar-refractivity contribution in [1.29, 1.82) is 0 Å². The van der Waals surface area contributed by atoms with E-state index in [0.717, 1.165) is 35.9 Å². The average molecular weight is 346 g/mol. The minimum Gasteiger partial charge on any atom is -0.465 e. The first-order valence-corrected chi connectivity index (χ1v) is 8.63. The molecule has 0 aromatic heterocycles. The van der Waals surface area contributed by atoms with Gasteiger partial charge in [0, 0.05) is 0 Å². The fourth-order valence-electron chi connectivity index (χ4n) is 3.21. The summed E-state index contributed by atoms with van der Waals surface area (Å²) < 4.78 is 31.5. The number of carbonyl (C=O) groups excluding carboxylic acids is 1. The number of hydrogen-bond acceptors (Lipinski definition) is 4. The van der Waals surface area contributed by atoms with Crippen molar-refractivity contribution >= 4 is 18.6 Å². The van der Waals surface area contributed by atoms with Crippen molar-refractivity contribution in [2.75, 3.05) is 7.11 Å². The molecule has 0 spiro atoms. The van der Waals surface area contributed by atoms with Crippen LogP contribution in [0.1, 0.15) is 62.0 Å². The predicted octanol–water partition coefficient (Wildman–Crippen LogP) is 3.96. The summed E-state index contributed by atoms with van der Waals surface area (Å²) >= 11 is 0. The van der Waals surface area contributed by atoms with Gasteiger partial charge >= 0.3 is 13.1 Å². The van der Waals surface area contributed by atoms with E-state index in [2.05, 4.69) is 10.8 Å². The van der Waals surface area contributed by atoms with Crippen LogP contribution < -0.4 is 0 Å². The van der Waals surface area contributed by atoms with Crippen molar-refractivity contribution in [3.05, 3.63) is 40.7 Å². The van der Waals surface area contributed by atoms with Crippen LogP contribution in [0.25, 0.3) is 5.47 Å². The van der Waals surface area contributed by atoms with Crippen molar-refractivity contribution in [3.63, 3.8) is 0 Å². The number of ether oxygens (including phenoxy) is 1. The molecule has 0 unspecified atom stereocenters. The first kappa shape index (κ1) is 18.1. The Morgan fingerprint density at radius 3 is 2.44 bits per heavy atom. The number of esters is 1. The monoisotopic (exact) mass is 346 g/mol. The van der Waals surface area contributed by atoms with Crippen LogP contribution in [0, 0.1) is 5.82 Å². The lowest BCUT2D eigenvalue weighted by Gasteiger charge is -2.32. The van der Waals surface area contributed by atoms with E-state index in [4.69, 9.17) is 9.31 Å². The number of halogens is 1. The standard InChI is InChI=1S/C19H24BFO4/c1-18(2)19(3,4)25-20(24-18)15-9-7-6-8-12-10-14(17(22)23-5)16(21)11-13(12)15/h9-11H,6-8H2,1-5H3. The maximum atomic E-state index is 14.5. The maximum Gasteiger partial charge on any atom is 0.495 e. The highest BCUT2D eigenvalue weighted by atomic mass is 19.1. The number of carbonyl (C=O) groups is 1. The zero-order chi connectivity index (χ0) is 18.4. The fourth-order valence-corrected chi connectivity index (χ4v) is 3.21. The smallest absolute Gasteiger partial charge is 0.465 e. The summed E-state index contributed by atoms with van der Waals surface area (Å²) in [5, 5.41) is 0. The highest BCUT2D eigenvalue weighted by Crippen LogP contribution is 2.42. The Morgan fingerprint density at radius 1 is 1.20 bits per heavy atom. The Kier molecular flexibility index (Phi) is 4.54. The van der Waals surface area contributed by atoms with Gasteiger partial charge in [0.05, 0.1) is 23.9 Å². The van der Waals surface area contributed by atoms with Crippen LogP contribution in [0.2, 0.25) is 0 Å². The highest BCUT2D eigenvalue weighted by Gasteiger charge is 2.52. The molecule has 2 aliphatic rings. The number of aryl methyl sites for hydroxylation is 1. The molecule has 1 saturated heterocycles. The van der Waals surface area contributed by atoms with E-state index in [1.807, 2.05) is 27.7 Å². The van der Waals surface area contributed by atoms with Crippen LogP contribution in [0.5, 0.6) is 0 Å².